The zero-order valence-electron chi connectivity index (χ0n) is 12.9. The number of aliphatic carboxylic acids is 1. The minimum absolute atomic E-state index is 0.0749. The fraction of sp³-hybridized carbons (Fsp3) is 0.438. The number of anilines is 1. The smallest absolute Gasteiger partial charge is 0.307 e. The Morgan fingerprint density at radius 3 is 2.36 bits per heavy atom. The van der Waals surface area contributed by atoms with E-state index in [9.17, 15) is 14.4 Å². The molecular formula is C16H22N2O4. The highest BCUT2D eigenvalue weighted by atomic mass is 16.4. The molecule has 120 valence electrons. The van der Waals surface area contributed by atoms with Crippen LogP contribution in [0.4, 0.5) is 5.69 Å². The summed E-state index contributed by atoms with van der Waals surface area (Å²) in [6.45, 7) is 3.76. The van der Waals surface area contributed by atoms with Crippen LogP contribution in [0.25, 0.3) is 0 Å². The number of para-hydroxylation sites is 1. The molecule has 1 aromatic carbocycles. The van der Waals surface area contributed by atoms with Gasteiger partial charge in [0.25, 0.3) is 0 Å². The van der Waals surface area contributed by atoms with Crippen molar-refractivity contribution in [3.05, 3.63) is 29.8 Å². The van der Waals surface area contributed by atoms with Gasteiger partial charge in [0.05, 0.1) is 6.42 Å². The largest absolute Gasteiger partial charge is 0.481 e. The summed E-state index contributed by atoms with van der Waals surface area (Å²) < 4.78 is 0. The van der Waals surface area contributed by atoms with Gasteiger partial charge in [0.2, 0.25) is 11.8 Å². The van der Waals surface area contributed by atoms with Crippen LogP contribution >= 0.6 is 0 Å². The minimum atomic E-state index is -0.952. The topological polar surface area (TPSA) is 95.5 Å². The highest BCUT2D eigenvalue weighted by molar-refractivity contribution is 5.92. The Balaban J connectivity index is 2.45. The number of rotatable bonds is 8. The highest BCUT2D eigenvalue weighted by Crippen LogP contribution is 2.16. The van der Waals surface area contributed by atoms with Crippen LogP contribution in [-0.4, -0.2) is 28.9 Å². The number of hydrogen-bond acceptors (Lipinski definition) is 3. The van der Waals surface area contributed by atoms with Crippen LogP contribution in [0.5, 0.6) is 0 Å². The van der Waals surface area contributed by atoms with Crippen LogP contribution in [-0.2, 0) is 20.8 Å². The second-order valence-electron chi connectivity index (χ2n) is 5.35. The van der Waals surface area contributed by atoms with E-state index in [2.05, 4.69) is 10.6 Å². The predicted molar refractivity (Wildman–Crippen MR) is 83.5 cm³/mol. The molecule has 0 aliphatic heterocycles. The monoisotopic (exact) mass is 306 g/mol. The SMILES string of the molecule is CC(C)NC(=O)CCCC(=O)Nc1ccccc1CC(=O)O. The van der Waals surface area contributed by atoms with Crippen LogP contribution in [0, 0.1) is 0 Å². The molecule has 0 radical (unpaired) electrons. The number of nitrogens with one attached hydrogen (secondary N) is 2. The molecular weight excluding hydrogens is 284 g/mol. The van der Waals surface area contributed by atoms with E-state index in [4.69, 9.17) is 5.11 Å². The predicted octanol–water partition coefficient (Wildman–Crippen LogP) is 1.95. The lowest BCUT2D eigenvalue weighted by Crippen LogP contribution is -2.30. The van der Waals surface area contributed by atoms with Gasteiger partial charge in [0.15, 0.2) is 0 Å². The molecule has 0 saturated heterocycles. The van der Waals surface area contributed by atoms with E-state index in [-0.39, 0.29) is 30.7 Å². The average molecular weight is 306 g/mol. The summed E-state index contributed by atoms with van der Waals surface area (Å²) in [4.78, 5) is 34.1. The van der Waals surface area contributed by atoms with Crippen LogP contribution < -0.4 is 10.6 Å². The van der Waals surface area contributed by atoms with Gasteiger partial charge in [-0.3, -0.25) is 14.4 Å². The molecule has 0 unspecified atom stereocenters. The highest BCUT2D eigenvalue weighted by Gasteiger charge is 2.10. The molecule has 1 aromatic rings. The lowest BCUT2D eigenvalue weighted by Gasteiger charge is -2.10. The molecule has 0 bridgehead atoms. The number of amides is 2. The second-order valence-corrected chi connectivity index (χ2v) is 5.35. The van der Waals surface area contributed by atoms with Crippen molar-refractivity contribution in [1.82, 2.24) is 5.32 Å². The fourth-order valence-electron chi connectivity index (χ4n) is 1.98. The summed E-state index contributed by atoms with van der Waals surface area (Å²) >= 11 is 0. The van der Waals surface area contributed by atoms with Gasteiger partial charge >= 0.3 is 5.97 Å². The first-order valence-electron chi connectivity index (χ1n) is 7.27. The Bertz CT molecular complexity index is 541. The van der Waals surface area contributed by atoms with Crippen LogP contribution in [0.1, 0.15) is 38.7 Å². The van der Waals surface area contributed by atoms with Gasteiger partial charge in [-0.2, -0.15) is 0 Å². The third-order valence-electron chi connectivity index (χ3n) is 2.89. The molecule has 6 heteroatoms. The van der Waals surface area contributed by atoms with Gasteiger partial charge in [-0.25, -0.2) is 0 Å². The molecule has 0 aliphatic rings. The van der Waals surface area contributed by atoms with Crippen molar-refractivity contribution in [2.24, 2.45) is 0 Å². The molecule has 2 amide bonds. The molecule has 3 N–H and O–H groups in total. The number of carbonyl (C=O) groups is 3. The first-order chi connectivity index (χ1) is 10.4. The molecule has 0 fully saturated rings. The number of carbonyl (C=O) groups excluding carboxylic acids is 2. The van der Waals surface area contributed by atoms with E-state index in [1.54, 1.807) is 24.3 Å². The number of carboxylic acid groups (broad SMARTS) is 1. The zero-order valence-corrected chi connectivity index (χ0v) is 12.9. The van der Waals surface area contributed by atoms with Crippen molar-refractivity contribution < 1.29 is 19.5 Å². The molecule has 0 saturated carbocycles. The second kappa shape index (κ2) is 8.81. The van der Waals surface area contributed by atoms with Crippen molar-refractivity contribution in [2.45, 2.75) is 45.6 Å². The molecule has 1 rings (SSSR count). The van der Waals surface area contributed by atoms with E-state index in [1.807, 2.05) is 13.8 Å². The summed E-state index contributed by atoms with van der Waals surface area (Å²) in [5.74, 6) is -1.25. The standard InChI is InChI=1S/C16H22N2O4/c1-11(2)17-14(19)8-5-9-15(20)18-13-7-4-3-6-12(13)10-16(21)22/h3-4,6-7,11H,5,8-10H2,1-2H3,(H,17,19)(H,18,20)(H,21,22). The Morgan fingerprint density at radius 1 is 1.09 bits per heavy atom. The van der Waals surface area contributed by atoms with E-state index in [1.165, 1.54) is 0 Å². The number of carboxylic acids is 1. The van der Waals surface area contributed by atoms with Crippen LogP contribution in [0.15, 0.2) is 24.3 Å². The van der Waals surface area contributed by atoms with Gasteiger partial charge in [0, 0.05) is 24.6 Å². The number of hydrogen-bond donors (Lipinski definition) is 3. The van der Waals surface area contributed by atoms with E-state index >= 15 is 0 Å². The molecule has 6 nitrogen and oxygen atoms in total. The Labute approximate surface area is 129 Å². The zero-order chi connectivity index (χ0) is 16.5. The van der Waals surface area contributed by atoms with E-state index in [0.29, 0.717) is 24.1 Å². The van der Waals surface area contributed by atoms with Gasteiger partial charge in [-0.1, -0.05) is 18.2 Å². The molecule has 0 spiro atoms. The van der Waals surface area contributed by atoms with Crippen molar-refractivity contribution in [3.63, 3.8) is 0 Å². The maximum Gasteiger partial charge on any atom is 0.307 e. The van der Waals surface area contributed by atoms with Crippen molar-refractivity contribution >= 4 is 23.5 Å². The first-order valence-corrected chi connectivity index (χ1v) is 7.27. The van der Waals surface area contributed by atoms with E-state index < -0.39 is 5.97 Å². The molecule has 0 aliphatic carbocycles. The lowest BCUT2D eigenvalue weighted by atomic mass is 10.1. The van der Waals surface area contributed by atoms with Gasteiger partial charge in [0.1, 0.15) is 0 Å². The normalized spacial score (nSPS) is 10.3. The van der Waals surface area contributed by atoms with Gasteiger partial charge in [-0.05, 0) is 31.9 Å². The molecule has 0 heterocycles. The Morgan fingerprint density at radius 2 is 1.73 bits per heavy atom. The van der Waals surface area contributed by atoms with Crippen molar-refractivity contribution in [3.8, 4) is 0 Å². The Hall–Kier alpha value is -2.37. The molecule has 22 heavy (non-hydrogen) atoms. The molecule has 0 atom stereocenters. The van der Waals surface area contributed by atoms with Crippen LogP contribution in [0.3, 0.4) is 0 Å². The third-order valence-corrected chi connectivity index (χ3v) is 2.89. The molecule has 0 aromatic heterocycles. The minimum Gasteiger partial charge on any atom is -0.481 e. The Kier molecular flexibility index (Phi) is 7.08. The lowest BCUT2D eigenvalue weighted by molar-refractivity contribution is -0.136. The van der Waals surface area contributed by atoms with E-state index in [0.717, 1.165) is 0 Å². The quantitative estimate of drug-likeness (QED) is 0.684. The average Bonchev–Trinajstić information content (AvgIpc) is 2.39. The van der Waals surface area contributed by atoms with Crippen molar-refractivity contribution in [2.75, 3.05) is 5.32 Å². The summed E-state index contributed by atoms with van der Waals surface area (Å²) in [5.41, 5.74) is 1.06. The fourth-order valence-corrected chi connectivity index (χ4v) is 1.98. The van der Waals surface area contributed by atoms with Crippen molar-refractivity contribution in [1.29, 1.82) is 0 Å². The van der Waals surface area contributed by atoms with Crippen LogP contribution in [0.2, 0.25) is 0 Å². The maximum atomic E-state index is 11.9. The maximum absolute atomic E-state index is 11.9. The first kappa shape index (κ1) is 17.7. The summed E-state index contributed by atoms with van der Waals surface area (Å²) in [6, 6.07) is 6.88. The van der Waals surface area contributed by atoms with Gasteiger partial charge < -0.3 is 15.7 Å². The third kappa shape index (κ3) is 6.88. The summed E-state index contributed by atoms with van der Waals surface area (Å²) in [7, 11) is 0. The summed E-state index contributed by atoms with van der Waals surface area (Å²) in [5, 5.41) is 14.3. The number of benzene rings is 1. The van der Waals surface area contributed by atoms with Gasteiger partial charge in [-0.15, -0.1) is 0 Å². The summed E-state index contributed by atoms with van der Waals surface area (Å²) in [6.07, 6.45) is 0.814.